The second kappa shape index (κ2) is 8.01. The van der Waals surface area contributed by atoms with Crippen LogP contribution in [0.3, 0.4) is 0 Å². The Morgan fingerprint density at radius 3 is 2.19 bits per heavy atom. The highest BCUT2D eigenvalue weighted by Crippen LogP contribution is 2.40. The molecule has 3 N–H and O–H groups in total. The van der Waals surface area contributed by atoms with Gasteiger partial charge in [-0.2, -0.15) is 13.2 Å². The van der Waals surface area contributed by atoms with Crippen molar-refractivity contribution in [1.29, 1.82) is 0 Å². The van der Waals surface area contributed by atoms with Gasteiger partial charge in [-0.05, 0) is 24.3 Å². The molecule has 0 bridgehead atoms. The van der Waals surface area contributed by atoms with Crippen molar-refractivity contribution in [3.8, 4) is 0 Å². The van der Waals surface area contributed by atoms with Crippen molar-refractivity contribution in [1.82, 2.24) is 4.72 Å². The average molecular weight is 429 g/mol. The minimum Gasteiger partial charge on any atom is -0.395 e. The van der Waals surface area contributed by atoms with Gasteiger partial charge in [0, 0.05) is 6.54 Å². The topological polar surface area (TPSA) is 78.4 Å². The van der Waals surface area contributed by atoms with Crippen molar-refractivity contribution in [2.24, 2.45) is 0 Å². The van der Waals surface area contributed by atoms with Crippen LogP contribution in [0.2, 0.25) is 10.0 Å². The molecule has 0 spiro atoms. The van der Waals surface area contributed by atoms with E-state index in [1.165, 1.54) is 24.3 Å². The molecule has 0 aromatic heterocycles. The van der Waals surface area contributed by atoms with Gasteiger partial charge in [0.15, 0.2) is 0 Å². The van der Waals surface area contributed by atoms with Gasteiger partial charge in [-0.3, -0.25) is 0 Å². The van der Waals surface area contributed by atoms with Crippen LogP contribution in [0, 0.1) is 0 Å². The van der Waals surface area contributed by atoms with Crippen LogP contribution in [-0.2, 0) is 16.2 Å². The fraction of sp³-hybridized carbons (Fsp3) is 0.200. The first-order valence-electron chi connectivity index (χ1n) is 7.09. The van der Waals surface area contributed by atoms with Gasteiger partial charge in [0.05, 0.1) is 33.6 Å². The molecule has 2 rings (SSSR count). The maximum Gasteiger partial charge on any atom is 0.416 e. The number of hydrogen-bond donors (Lipinski definition) is 3. The number of hydrogen-bond acceptors (Lipinski definition) is 4. The molecule has 0 heterocycles. The smallest absolute Gasteiger partial charge is 0.395 e. The monoisotopic (exact) mass is 428 g/mol. The molecule has 142 valence electrons. The Morgan fingerprint density at radius 1 is 1.08 bits per heavy atom. The first-order valence-corrected chi connectivity index (χ1v) is 9.33. The average Bonchev–Trinajstić information content (AvgIpc) is 2.55. The van der Waals surface area contributed by atoms with E-state index in [9.17, 15) is 21.6 Å². The molecule has 0 unspecified atom stereocenters. The molecule has 0 atom stereocenters. The first kappa shape index (κ1) is 20.8. The van der Waals surface area contributed by atoms with Gasteiger partial charge in [0.2, 0.25) is 10.0 Å². The SMILES string of the molecule is O=S(=O)(NCCO)c1ccccc1Nc1c(Cl)cc(C(F)(F)F)cc1Cl. The summed E-state index contributed by atoms with van der Waals surface area (Å²) in [5.74, 6) is 0. The van der Waals surface area contributed by atoms with E-state index in [0.717, 1.165) is 0 Å². The number of nitrogens with one attached hydrogen (secondary N) is 2. The minimum atomic E-state index is -4.62. The Morgan fingerprint density at radius 2 is 1.65 bits per heavy atom. The van der Waals surface area contributed by atoms with Crippen LogP contribution in [0.1, 0.15) is 5.56 Å². The molecule has 0 radical (unpaired) electrons. The first-order chi connectivity index (χ1) is 12.1. The van der Waals surface area contributed by atoms with Crippen molar-refractivity contribution in [3.05, 3.63) is 52.0 Å². The van der Waals surface area contributed by atoms with Crippen LogP contribution in [0.25, 0.3) is 0 Å². The summed E-state index contributed by atoms with van der Waals surface area (Å²) >= 11 is 11.8. The van der Waals surface area contributed by atoms with Gasteiger partial charge < -0.3 is 10.4 Å². The van der Waals surface area contributed by atoms with Crippen LogP contribution in [0.15, 0.2) is 41.3 Å². The highest BCUT2D eigenvalue weighted by Gasteiger charge is 2.32. The minimum absolute atomic E-state index is 0.0569. The fourth-order valence-electron chi connectivity index (χ4n) is 2.05. The van der Waals surface area contributed by atoms with Crippen LogP contribution in [0.5, 0.6) is 0 Å². The largest absolute Gasteiger partial charge is 0.416 e. The summed E-state index contributed by atoms with van der Waals surface area (Å²) in [6, 6.07) is 7.06. The molecular formula is C15H13Cl2F3N2O3S. The van der Waals surface area contributed by atoms with Crippen LogP contribution < -0.4 is 10.0 Å². The lowest BCUT2D eigenvalue weighted by Crippen LogP contribution is -2.27. The number of alkyl halides is 3. The van der Waals surface area contributed by atoms with E-state index < -0.39 is 28.4 Å². The van der Waals surface area contributed by atoms with E-state index in [-0.39, 0.29) is 32.9 Å². The summed E-state index contributed by atoms with van der Waals surface area (Å²) in [4.78, 5) is -0.180. The number of rotatable bonds is 6. The van der Waals surface area contributed by atoms with Crippen LogP contribution in [-0.4, -0.2) is 26.7 Å². The third kappa shape index (κ3) is 4.80. The van der Waals surface area contributed by atoms with E-state index in [2.05, 4.69) is 10.0 Å². The molecule has 0 aliphatic rings. The quantitative estimate of drug-likeness (QED) is 0.648. The van der Waals surface area contributed by atoms with E-state index in [0.29, 0.717) is 12.1 Å². The molecule has 26 heavy (non-hydrogen) atoms. The molecule has 0 saturated carbocycles. The molecule has 0 aliphatic heterocycles. The second-order valence-corrected chi connectivity index (χ2v) is 7.60. The number of anilines is 2. The predicted octanol–water partition coefficient (Wildman–Crippen LogP) is 4.03. The van der Waals surface area contributed by atoms with Gasteiger partial charge in [0.1, 0.15) is 4.90 Å². The third-order valence-corrected chi connectivity index (χ3v) is 5.32. The fourth-order valence-corrected chi connectivity index (χ4v) is 3.82. The molecule has 0 fully saturated rings. The van der Waals surface area contributed by atoms with E-state index in [1.807, 2.05) is 0 Å². The molecule has 0 aliphatic carbocycles. The summed E-state index contributed by atoms with van der Waals surface area (Å²) in [6.45, 7) is -0.593. The molecule has 0 saturated heterocycles. The Labute approximate surface area is 157 Å². The van der Waals surface area contributed by atoms with Gasteiger partial charge >= 0.3 is 6.18 Å². The maximum absolute atomic E-state index is 12.8. The molecule has 11 heteroatoms. The van der Waals surface area contributed by atoms with E-state index in [4.69, 9.17) is 28.3 Å². The number of para-hydroxylation sites is 1. The lowest BCUT2D eigenvalue weighted by atomic mass is 10.2. The van der Waals surface area contributed by atoms with Gasteiger partial charge in [-0.1, -0.05) is 35.3 Å². The third-order valence-electron chi connectivity index (χ3n) is 3.21. The van der Waals surface area contributed by atoms with Gasteiger partial charge in [0.25, 0.3) is 0 Å². The Hall–Kier alpha value is -1.52. The van der Waals surface area contributed by atoms with Crippen LogP contribution in [0.4, 0.5) is 24.5 Å². The Bertz CT molecular complexity index is 882. The zero-order chi connectivity index (χ0) is 19.5. The van der Waals surface area contributed by atoms with Gasteiger partial charge in [-0.15, -0.1) is 0 Å². The zero-order valence-electron chi connectivity index (χ0n) is 12.9. The molecular weight excluding hydrogens is 416 g/mol. The summed E-state index contributed by atoms with van der Waals surface area (Å²) in [5.41, 5.74) is -1.03. The standard InChI is InChI=1S/C15H13Cl2F3N2O3S/c16-10-7-9(15(18,19)20)8-11(17)14(10)22-12-3-1-2-4-13(12)26(24,25)21-5-6-23/h1-4,7-8,21-23H,5-6H2. The number of aliphatic hydroxyl groups is 1. The van der Waals surface area contributed by atoms with Crippen molar-refractivity contribution in [2.45, 2.75) is 11.1 Å². The number of benzene rings is 2. The number of sulfonamides is 1. The predicted molar refractivity (Wildman–Crippen MR) is 93.5 cm³/mol. The molecule has 0 amide bonds. The zero-order valence-corrected chi connectivity index (χ0v) is 15.3. The van der Waals surface area contributed by atoms with Crippen LogP contribution >= 0.6 is 23.2 Å². The van der Waals surface area contributed by atoms with Crippen molar-refractivity contribution in [3.63, 3.8) is 0 Å². The molecule has 2 aromatic carbocycles. The van der Waals surface area contributed by atoms with Crippen molar-refractivity contribution < 1.29 is 26.7 Å². The maximum atomic E-state index is 12.8. The van der Waals surface area contributed by atoms with Crippen molar-refractivity contribution in [2.75, 3.05) is 18.5 Å². The highest BCUT2D eigenvalue weighted by atomic mass is 35.5. The Balaban J connectivity index is 2.45. The number of halogens is 5. The van der Waals surface area contributed by atoms with E-state index in [1.54, 1.807) is 0 Å². The van der Waals surface area contributed by atoms with Crippen molar-refractivity contribution >= 4 is 44.6 Å². The second-order valence-electron chi connectivity index (χ2n) is 5.06. The summed E-state index contributed by atoms with van der Waals surface area (Å²) in [7, 11) is -3.97. The summed E-state index contributed by atoms with van der Waals surface area (Å²) in [6.07, 6.45) is -4.62. The molecule has 5 nitrogen and oxygen atoms in total. The highest BCUT2D eigenvalue weighted by molar-refractivity contribution is 7.89. The number of aliphatic hydroxyl groups excluding tert-OH is 1. The lowest BCUT2D eigenvalue weighted by molar-refractivity contribution is -0.137. The van der Waals surface area contributed by atoms with E-state index >= 15 is 0 Å². The normalized spacial score (nSPS) is 12.2. The lowest BCUT2D eigenvalue weighted by Gasteiger charge is -2.16. The summed E-state index contributed by atoms with van der Waals surface area (Å²) in [5, 5.41) is 10.8. The summed E-state index contributed by atoms with van der Waals surface area (Å²) < 4.78 is 65.1. The molecule has 2 aromatic rings. The van der Waals surface area contributed by atoms with Gasteiger partial charge in [-0.25, -0.2) is 13.1 Å². The Kier molecular flexibility index (Phi) is 6.41.